The molecular formula is C30H32BClFN14O9S2. The van der Waals surface area contributed by atoms with Crippen molar-refractivity contribution < 1.29 is 39.9 Å². The van der Waals surface area contributed by atoms with Gasteiger partial charge in [0.25, 0.3) is 5.56 Å². The summed E-state index contributed by atoms with van der Waals surface area (Å²) in [6.07, 6.45) is -1.17. The first-order valence-electron chi connectivity index (χ1n) is 16.4. The molecule has 0 spiro atoms. The van der Waals surface area contributed by atoms with Crippen LogP contribution in [0, 0.1) is 19.9 Å². The Kier molecular flexibility index (Phi) is 13.8. The largest absolute Gasteiger partial charge is 0.494 e. The van der Waals surface area contributed by atoms with Gasteiger partial charge in [-0.2, -0.15) is 47.8 Å². The third-order valence-electron chi connectivity index (χ3n) is 7.72. The predicted molar refractivity (Wildman–Crippen MR) is 207 cm³/mol. The normalized spacial score (nSPS) is 11.8. The molecule has 2 aromatic carbocycles. The van der Waals surface area contributed by atoms with E-state index in [4.69, 9.17) is 26.9 Å². The monoisotopic (exact) mass is 861 g/mol. The molecule has 0 fully saturated rings. The van der Waals surface area contributed by atoms with Crippen LogP contribution in [0.3, 0.4) is 0 Å². The Hall–Kier alpha value is -5.97. The summed E-state index contributed by atoms with van der Waals surface area (Å²) >= 11 is 6.14. The van der Waals surface area contributed by atoms with Gasteiger partial charge in [-0.1, -0.05) is 6.07 Å². The molecule has 0 amide bonds. The maximum atomic E-state index is 14.3. The summed E-state index contributed by atoms with van der Waals surface area (Å²) < 4.78 is 74.3. The lowest BCUT2D eigenvalue weighted by molar-refractivity contribution is 0.120. The lowest BCUT2D eigenvalue weighted by atomic mass is 10.1. The van der Waals surface area contributed by atoms with Crippen LogP contribution in [0.1, 0.15) is 23.6 Å². The highest BCUT2D eigenvalue weighted by Gasteiger charge is 2.20. The van der Waals surface area contributed by atoms with Crippen LogP contribution in [0.5, 0.6) is 5.88 Å². The van der Waals surface area contributed by atoms with Crippen molar-refractivity contribution in [2.45, 2.75) is 38.8 Å². The van der Waals surface area contributed by atoms with E-state index in [1.807, 2.05) is 0 Å². The number of anilines is 6. The summed E-state index contributed by atoms with van der Waals surface area (Å²) in [6, 6.07) is 10.1. The van der Waals surface area contributed by atoms with Gasteiger partial charge >= 0.3 is 24.0 Å². The van der Waals surface area contributed by atoms with Crippen molar-refractivity contribution in [3.63, 3.8) is 0 Å². The Labute approximate surface area is 334 Å². The molecule has 0 bridgehead atoms. The number of hydrogen-bond acceptors (Lipinski definition) is 21. The Bertz CT molecular complexity index is 2630. The minimum absolute atomic E-state index is 0.00459. The number of pyridine rings is 1. The standard InChI is InChI=1S/C30H32BClFN14O9S2/c1-4-47-23(48)20(14-55-34)16(3)22(24(47)49)46-45-21-13-18(6-5-15(21)2)36-27-37-25(32)38-29(41-27)43-31-44-30-40-26(33)39-28(42-30)35-17-7-9-19(10-8-17)57(50,51)12-11-56-58(52,53)54/h5-10,13,48H,4,11-12,14,34H2,1-3H3,(H,52,53,54)(H2,35,39,40,42,44)(H2,36,37,38,41,43). The van der Waals surface area contributed by atoms with E-state index in [2.05, 4.69) is 65.4 Å². The zero-order valence-electron chi connectivity index (χ0n) is 30.4. The first kappa shape index (κ1) is 43.2. The molecule has 0 saturated carbocycles. The number of nitrogens with two attached hydrogens (primary N) is 1. The van der Waals surface area contributed by atoms with Crippen molar-refractivity contribution in [3.05, 3.63) is 80.9 Å². The zero-order valence-corrected chi connectivity index (χ0v) is 32.8. The average molecular weight is 862 g/mol. The second-order valence-corrected chi connectivity index (χ2v) is 15.2. The molecule has 0 unspecified atom stereocenters. The van der Waals surface area contributed by atoms with Crippen molar-refractivity contribution >= 4 is 85.9 Å². The molecule has 0 atom stereocenters. The highest BCUT2D eigenvalue weighted by molar-refractivity contribution is 7.91. The summed E-state index contributed by atoms with van der Waals surface area (Å²) in [6.45, 7) is 4.28. The number of aryl methyl sites for hydroxylation is 1. The van der Waals surface area contributed by atoms with E-state index in [0.717, 1.165) is 4.57 Å². The van der Waals surface area contributed by atoms with Gasteiger partial charge < -0.3 is 26.2 Å². The molecule has 0 aliphatic heterocycles. The fraction of sp³-hybridized carbons (Fsp3) is 0.233. The van der Waals surface area contributed by atoms with Crippen LogP contribution in [0.4, 0.5) is 50.9 Å². The first-order chi connectivity index (χ1) is 27.5. The molecule has 0 aliphatic carbocycles. The Morgan fingerprint density at radius 3 is 2.17 bits per heavy atom. The van der Waals surface area contributed by atoms with E-state index in [-0.39, 0.29) is 64.4 Å². The molecule has 58 heavy (non-hydrogen) atoms. The molecule has 1 radical (unpaired) electrons. The first-order valence-corrected chi connectivity index (χ1v) is 19.8. The van der Waals surface area contributed by atoms with Gasteiger partial charge in [0.1, 0.15) is 0 Å². The minimum atomic E-state index is -4.80. The summed E-state index contributed by atoms with van der Waals surface area (Å²) in [4.78, 5) is 41.1. The smallest absolute Gasteiger partial charge is 0.397 e. The van der Waals surface area contributed by atoms with Gasteiger partial charge in [0, 0.05) is 23.5 Å². The Morgan fingerprint density at radius 2 is 1.52 bits per heavy atom. The highest BCUT2D eigenvalue weighted by Crippen LogP contribution is 2.30. The van der Waals surface area contributed by atoms with E-state index < -0.39 is 44.2 Å². The van der Waals surface area contributed by atoms with Crippen molar-refractivity contribution in [2.24, 2.45) is 16.1 Å². The van der Waals surface area contributed by atoms with E-state index in [9.17, 15) is 31.1 Å². The van der Waals surface area contributed by atoms with Crippen LogP contribution < -0.4 is 32.5 Å². The summed E-state index contributed by atoms with van der Waals surface area (Å²) in [5, 5.41) is 29.8. The van der Waals surface area contributed by atoms with E-state index in [1.54, 1.807) is 39.0 Å². The maximum Gasteiger partial charge on any atom is 0.397 e. The van der Waals surface area contributed by atoms with Crippen LogP contribution in [0.2, 0.25) is 5.28 Å². The van der Waals surface area contributed by atoms with Crippen LogP contribution in [-0.4, -0.2) is 80.9 Å². The quantitative estimate of drug-likeness (QED) is 0.0287. The lowest BCUT2D eigenvalue weighted by Gasteiger charge is -2.14. The SMILES string of the molecule is CCn1c(O)c(CON)c(C)c(N=Nc2cc(Nc3nc(Cl)nc(N[B]Nc4nc(F)nc(Nc5ccc(S(=O)(=O)CCOS(=O)(=O)O)cc5)n4)n3)ccc2C)c1=O. The summed E-state index contributed by atoms with van der Waals surface area (Å²) in [7, 11) is -7.60. The molecule has 0 aliphatic rings. The van der Waals surface area contributed by atoms with Gasteiger partial charge in [0.05, 0.1) is 29.5 Å². The predicted octanol–water partition coefficient (Wildman–Crippen LogP) is 3.30. The van der Waals surface area contributed by atoms with Gasteiger partial charge in [0.15, 0.2) is 21.4 Å². The van der Waals surface area contributed by atoms with Crippen LogP contribution in [0.15, 0.2) is 62.4 Å². The van der Waals surface area contributed by atoms with Crippen molar-refractivity contribution in [2.75, 3.05) is 33.4 Å². The third kappa shape index (κ3) is 11.3. The lowest BCUT2D eigenvalue weighted by Crippen LogP contribution is -2.22. The number of aromatic nitrogens is 7. The number of halogens is 2. The molecule has 305 valence electrons. The molecule has 3 heterocycles. The number of nitrogens with zero attached hydrogens (tertiary/aromatic N) is 9. The topological polar surface area (TPSA) is 325 Å². The van der Waals surface area contributed by atoms with Crippen molar-refractivity contribution in [3.8, 4) is 5.88 Å². The van der Waals surface area contributed by atoms with Gasteiger partial charge in [-0.25, -0.2) is 18.5 Å². The summed E-state index contributed by atoms with van der Waals surface area (Å²) in [5.41, 5.74) is 1.91. The second-order valence-electron chi connectivity index (χ2n) is 11.6. The van der Waals surface area contributed by atoms with E-state index >= 15 is 0 Å². The average Bonchev–Trinajstić information content (AvgIpc) is 3.14. The molecule has 28 heteroatoms. The van der Waals surface area contributed by atoms with Crippen LogP contribution in [0.25, 0.3) is 0 Å². The molecule has 5 aromatic rings. The van der Waals surface area contributed by atoms with Gasteiger partial charge in [-0.05, 0) is 79.9 Å². The van der Waals surface area contributed by atoms with E-state index in [0.29, 0.717) is 28.1 Å². The fourth-order valence-corrected chi connectivity index (χ4v) is 6.55. The summed E-state index contributed by atoms with van der Waals surface area (Å²) in [5.74, 6) is 3.67. The molecule has 8 N–H and O–H groups in total. The van der Waals surface area contributed by atoms with Crippen LogP contribution in [-0.2, 0) is 42.4 Å². The van der Waals surface area contributed by atoms with Crippen LogP contribution >= 0.6 is 11.6 Å². The number of azo groups is 1. The molecule has 5 rings (SSSR count). The fourth-order valence-electron chi connectivity index (χ4n) is 4.90. The number of nitrogens with one attached hydrogen (secondary N) is 4. The van der Waals surface area contributed by atoms with Gasteiger partial charge in [0.2, 0.25) is 29.1 Å². The van der Waals surface area contributed by atoms with Crippen molar-refractivity contribution in [1.82, 2.24) is 34.5 Å². The molecule has 23 nitrogen and oxygen atoms in total. The van der Waals surface area contributed by atoms with Gasteiger partial charge in [-0.3, -0.25) is 18.8 Å². The third-order valence-corrected chi connectivity index (χ3v) is 10.0. The highest BCUT2D eigenvalue weighted by atomic mass is 35.5. The number of hydrogen-bond donors (Lipinski definition) is 7. The zero-order chi connectivity index (χ0) is 42.2. The molecule has 3 aromatic heterocycles. The maximum absolute atomic E-state index is 14.3. The van der Waals surface area contributed by atoms with Crippen molar-refractivity contribution in [1.29, 1.82) is 0 Å². The number of rotatable bonds is 18. The molecular weight excluding hydrogens is 830 g/mol. The number of benzene rings is 2. The second kappa shape index (κ2) is 18.5. The number of aromatic hydroxyl groups is 1. The Morgan fingerprint density at radius 1 is 0.914 bits per heavy atom. The van der Waals surface area contributed by atoms with E-state index in [1.165, 1.54) is 31.8 Å². The van der Waals surface area contributed by atoms with Gasteiger partial charge in [-0.15, -0.1) is 5.11 Å². The molecule has 0 saturated heterocycles. The number of sulfone groups is 1. The Balaban J connectivity index is 1.23. The minimum Gasteiger partial charge on any atom is -0.494 e.